The number of amides is 1. The minimum Gasteiger partial charge on any atom is -0.492 e. The van der Waals surface area contributed by atoms with E-state index in [1.807, 2.05) is 11.8 Å². The number of hydrogen-bond acceptors (Lipinski definition) is 5. The third-order valence-corrected chi connectivity index (χ3v) is 5.07. The Kier molecular flexibility index (Phi) is 4.35. The van der Waals surface area contributed by atoms with Crippen LogP contribution in [0.3, 0.4) is 0 Å². The number of carbonyl (C=O) groups excluding carboxylic acids is 1. The molecule has 1 amide bonds. The number of nitrogens with two attached hydrogens (primary N) is 1. The quantitative estimate of drug-likeness (QED) is 0.828. The Labute approximate surface area is 140 Å². The Balaban J connectivity index is 1.71. The highest BCUT2D eigenvalue weighted by molar-refractivity contribution is 7.91. The fourth-order valence-electron chi connectivity index (χ4n) is 2.96. The Morgan fingerprint density at radius 1 is 1.50 bits per heavy atom. The van der Waals surface area contributed by atoms with Crippen molar-refractivity contribution in [2.45, 2.75) is 19.8 Å². The van der Waals surface area contributed by atoms with Crippen molar-refractivity contribution >= 4 is 27.6 Å². The molecule has 0 radical (unpaired) electrons. The second-order valence-electron chi connectivity index (χ2n) is 5.89. The number of anilines is 1. The smallest absolute Gasteiger partial charge is 0.344 e. The molecule has 1 unspecified atom stereocenters. The molecule has 0 saturated carbocycles. The number of amidine groups is 1. The zero-order valence-electron chi connectivity index (χ0n) is 13.4. The van der Waals surface area contributed by atoms with Crippen LogP contribution in [0.2, 0.25) is 0 Å². The van der Waals surface area contributed by atoms with E-state index in [1.165, 1.54) is 0 Å². The van der Waals surface area contributed by atoms with E-state index in [-0.39, 0.29) is 17.7 Å². The molecular formula is C15H20N4O4S. The molecule has 24 heavy (non-hydrogen) atoms. The summed E-state index contributed by atoms with van der Waals surface area (Å²) >= 11 is 0. The highest BCUT2D eigenvalue weighted by Crippen LogP contribution is 2.31. The predicted octanol–water partition coefficient (Wildman–Crippen LogP) is 0.700. The summed E-state index contributed by atoms with van der Waals surface area (Å²) in [5.41, 5.74) is 6.59. The summed E-state index contributed by atoms with van der Waals surface area (Å²) in [6.45, 7) is 3.71. The van der Waals surface area contributed by atoms with Crippen molar-refractivity contribution in [3.63, 3.8) is 0 Å². The van der Waals surface area contributed by atoms with Crippen LogP contribution in [0, 0.1) is 5.92 Å². The summed E-state index contributed by atoms with van der Waals surface area (Å²) in [6, 6.07) is 5.03. The summed E-state index contributed by atoms with van der Waals surface area (Å²) in [5, 5.41) is 0. The number of benzene rings is 1. The molecule has 2 heterocycles. The van der Waals surface area contributed by atoms with Crippen molar-refractivity contribution in [2.24, 2.45) is 16.0 Å². The highest BCUT2D eigenvalue weighted by Gasteiger charge is 2.27. The van der Waals surface area contributed by atoms with Gasteiger partial charge in [0.25, 0.3) is 0 Å². The average molecular weight is 352 g/mol. The van der Waals surface area contributed by atoms with Crippen molar-refractivity contribution in [2.75, 3.05) is 24.4 Å². The standard InChI is InChI=1S/C15H20N4O4S/c1-2-13(20)19-7-6-10(8-19)9-23-12-5-3-4-11-14(12)15(16)18-24(21,22)17-11/h3-5,10,17H,2,6-9H2,1H3,(H2,16,18). The molecule has 1 saturated heterocycles. The first-order chi connectivity index (χ1) is 11.4. The van der Waals surface area contributed by atoms with E-state index >= 15 is 0 Å². The topological polar surface area (TPSA) is 114 Å². The fraction of sp³-hybridized carbons (Fsp3) is 0.467. The molecule has 9 heteroatoms. The van der Waals surface area contributed by atoms with Gasteiger partial charge in [-0.1, -0.05) is 13.0 Å². The lowest BCUT2D eigenvalue weighted by Gasteiger charge is -2.20. The predicted molar refractivity (Wildman–Crippen MR) is 90.2 cm³/mol. The molecule has 3 N–H and O–H groups in total. The van der Waals surface area contributed by atoms with Crippen molar-refractivity contribution in [1.82, 2.24) is 4.90 Å². The summed E-state index contributed by atoms with van der Waals surface area (Å²) in [5.74, 6) is 0.792. The van der Waals surface area contributed by atoms with E-state index in [0.717, 1.165) is 13.0 Å². The zero-order valence-corrected chi connectivity index (χ0v) is 14.2. The summed E-state index contributed by atoms with van der Waals surface area (Å²) in [6.07, 6.45) is 1.39. The maximum Gasteiger partial charge on any atom is 0.344 e. The first-order valence-corrected chi connectivity index (χ1v) is 9.25. The molecule has 2 aliphatic heterocycles. The first kappa shape index (κ1) is 16.6. The van der Waals surface area contributed by atoms with Crippen molar-refractivity contribution in [1.29, 1.82) is 0 Å². The third-order valence-electron chi connectivity index (χ3n) is 4.16. The number of carbonyl (C=O) groups is 1. The first-order valence-electron chi connectivity index (χ1n) is 7.81. The SMILES string of the molecule is CCC(=O)N1CCC(COc2cccc3c2C(N)=NS(=O)(=O)N3)C1. The highest BCUT2D eigenvalue weighted by atomic mass is 32.2. The lowest BCUT2D eigenvalue weighted by Crippen LogP contribution is -2.29. The number of fused-ring (bicyclic) bond motifs is 1. The van der Waals surface area contributed by atoms with Gasteiger partial charge in [0.15, 0.2) is 5.84 Å². The molecule has 8 nitrogen and oxygen atoms in total. The second kappa shape index (κ2) is 6.31. The lowest BCUT2D eigenvalue weighted by molar-refractivity contribution is -0.129. The molecule has 3 rings (SSSR count). The summed E-state index contributed by atoms with van der Waals surface area (Å²) in [4.78, 5) is 13.6. The second-order valence-corrected chi connectivity index (χ2v) is 7.23. The third kappa shape index (κ3) is 3.30. The maximum absolute atomic E-state index is 11.7. The molecule has 2 aliphatic rings. The molecule has 1 aromatic carbocycles. The van der Waals surface area contributed by atoms with Gasteiger partial charge < -0.3 is 15.4 Å². The molecule has 1 fully saturated rings. The molecule has 1 atom stereocenters. The van der Waals surface area contributed by atoms with Crippen LogP contribution < -0.4 is 15.2 Å². The van der Waals surface area contributed by atoms with Gasteiger partial charge in [0, 0.05) is 25.4 Å². The Hall–Kier alpha value is -2.29. The van der Waals surface area contributed by atoms with Gasteiger partial charge in [-0.3, -0.25) is 9.52 Å². The zero-order chi connectivity index (χ0) is 17.3. The number of likely N-dealkylation sites (tertiary alicyclic amines) is 1. The van der Waals surface area contributed by atoms with Gasteiger partial charge in [0.05, 0.1) is 17.9 Å². The van der Waals surface area contributed by atoms with E-state index in [0.29, 0.717) is 36.6 Å². The average Bonchev–Trinajstić information content (AvgIpc) is 2.99. The molecule has 0 aromatic heterocycles. The van der Waals surface area contributed by atoms with Crippen molar-refractivity contribution < 1.29 is 17.9 Å². The van der Waals surface area contributed by atoms with Crippen molar-refractivity contribution in [3.05, 3.63) is 23.8 Å². The van der Waals surface area contributed by atoms with Crippen LogP contribution in [0.5, 0.6) is 5.75 Å². The summed E-state index contributed by atoms with van der Waals surface area (Å²) in [7, 11) is -3.80. The molecular weight excluding hydrogens is 332 g/mol. The molecule has 0 spiro atoms. The lowest BCUT2D eigenvalue weighted by atomic mass is 10.1. The van der Waals surface area contributed by atoms with E-state index in [4.69, 9.17) is 10.5 Å². The number of ether oxygens (including phenoxy) is 1. The van der Waals surface area contributed by atoms with Crippen molar-refractivity contribution in [3.8, 4) is 5.75 Å². The van der Waals surface area contributed by atoms with Gasteiger partial charge in [-0.15, -0.1) is 4.40 Å². The van der Waals surface area contributed by atoms with Gasteiger partial charge >= 0.3 is 10.2 Å². The van der Waals surface area contributed by atoms with E-state index in [2.05, 4.69) is 9.12 Å². The van der Waals surface area contributed by atoms with Crippen LogP contribution in [0.4, 0.5) is 5.69 Å². The van der Waals surface area contributed by atoms with E-state index in [9.17, 15) is 13.2 Å². The Morgan fingerprint density at radius 3 is 3.04 bits per heavy atom. The Morgan fingerprint density at radius 2 is 2.29 bits per heavy atom. The van der Waals surface area contributed by atoms with Gasteiger partial charge in [-0.2, -0.15) is 8.42 Å². The van der Waals surface area contributed by atoms with Crippen LogP contribution in [0.1, 0.15) is 25.3 Å². The van der Waals surface area contributed by atoms with E-state index < -0.39 is 10.2 Å². The van der Waals surface area contributed by atoms with Crippen LogP contribution in [0.15, 0.2) is 22.6 Å². The van der Waals surface area contributed by atoms with Gasteiger partial charge in [0.1, 0.15) is 5.75 Å². The van der Waals surface area contributed by atoms with Gasteiger partial charge in [0.2, 0.25) is 5.91 Å². The number of nitrogens with one attached hydrogen (secondary N) is 1. The molecule has 130 valence electrons. The van der Waals surface area contributed by atoms with Crippen LogP contribution in [0.25, 0.3) is 0 Å². The van der Waals surface area contributed by atoms with Crippen LogP contribution >= 0.6 is 0 Å². The normalized spacial score (nSPS) is 21.6. The van der Waals surface area contributed by atoms with Crippen LogP contribution in [-0.2, 0) is 15.0 Å². The molecule has 1 aromatic rings. The van der Waals surface area contributed by atoms with E-state index in [1.54, 1.807) is 18.2 Å². The number of nitrogens with zero attached hydrogens (tertiary/aromatic N) is 2. The summed E-state index contributed by atoms with van der Waals surface area (Å²) < 4.78 is 34.8. The fourth-order valence-corrected chi connectivity index (χ4v) is 3.81. The Bertz CT molecular complexity index is 791. The van der Waals surface area contributed by atoms with Gasteiger partial charge in [-0.25, -0.2) is 0 Å². The van der Waals surface area contributed by atoms with Crippen LogP contribution in [-0.4, -0.2) is 44.8 Å². The number of rotatable bonds is 4. The number of hydrogen-bond donors (Lipinski definition) is 2. The molecule has 0 bridgehead atoms. The van der Waals surface area contributed by atoms with Gasteiger partial charge in [-0.05, 0) is 18.6 Å². The maximum atomic E-state index is 11.7. The monoisotopic (exact) mass is 352 g/mol. The molecule has 0 aliphatic carbocycles. The largest absolute Gasteiger partial charge is 0.492 e. The minimum atomic E-state index is -3.80. The minimum absolute atomic E-state index is 0.0893.